The van der Waals surface area contributed by atoms with Crippen LogP contribution in [0.2, 0.25) is 20.4 Å². The van der Waals surface area contributed by atoms with Gasteiger partial charge >= 0.3 is 0 Å². The third-order valence-corrected chi connectivity index (χ3v) is 3.91. The molecule has 0 bridgehead atoms. The normalized spacial score (nSPS) is 13.1. The van der Waals surface area contributed by atoms with Crippen LogP contribution in [0, 0.1) is 0 Å². The summed E-state index contributed by atoms with van der Waals surface area (Å²) < 4.78 is 0. The van der Waals surface area contributed by atoms with Crippen LogP contribution < -0.4 is 5.43 Å². The van der Waals surface area contributed by atoms with Crippen LogP contribution in [0.3, 0.4) is 0 Å². The molecule has 0 fully saturated rings. The summed E-state index contributed by atoms with van der Waals surface area (Å²) in [7, 11) is 0. The Bertz CT molecular complexity index is 718. The SMILES string of the molecule is C/C(=N\NC(C)c1ccc(Cl)cc1Cl)c1ncc(Cl)nc1Cl. The van der Waals surface area contributed by atoms with E-state index in [9.17, 15) is 0 Å². The molecule has 1 aromatic carbocycles. The van der Waals surface area contributed by atoms with E-state index in [0.717, 1.165) is 5.56 Å². The summed E-state index contributed by atoms with van der Waals surface area (Å²) >= 11 is 23.8. The highest BCUT2D eigenvalue weighted by atomic mass is 35.5. The van der Waals surface area contributed by atoms with Gasteiger partial charge in [0.05, 0.1) is 18.0 Å². The Balaban J connectivity index is 2.16. The van der Waals surface area contributed by atoms with Gasteiger partial charge in [-0.1, -0.05) is 52.5 Å². The monoisotopic (exact) mass is 376 g/mol. The van der Waals surface area contributed by atoms with Crippen molar-refractivity contribution in [3.05, 3.63) is 56.0 Å². The van der Waals surface area contributed by atoms with Gasteiger partial charge in [-0.25, -0.2) is 9.97 Å². The van der Waals surface area contributed by atoms with E-state index in [0.29, 0.717) is 21.5 Å². The van der Waals surface area contributed by atoms with E-state index >= 15 is 0 Å². The highest BCUT2D eigenvalue weighted by Gasteiger charge is 2.11. The lowest BCUT2D eigenvalue weighted by Crippen LogP contribution is -2.16. The van der Waals surface area contributed by atoms with E-state index in [1.807, 2.05) is 13.0 Å². The van der Waals surface area contributed by atoms with Crippen LogP contribution in [0.25, 0.3) is 0 Å². The first kappa shape index (κ1) is 17.3. The third kappa shape index (κ3) is 4.23. The Morgan fingerprint density at radius 2 is 1.95 bits per heavy atom. The lowest BCUT2D eigenvalue weighted by molar-refractivity contribution is 0.605. The molecule has 22 heavy (non-hydrogen) atoms. The summed E-state index contributed by atoms with van der Waals surface area (Å²) in [6.45, 7) is 3.70. The first-order valence-electron chi connectivity index (χ1n) is 6.31. The second kappa shape index (κ2) is 7.47. The van der Waals surface area contributed by atoms with Crippen LogP contribution in [0.5, 0.6) is 0 Å². The molecule has 1 unspecified atom stereocenters. The van der Waals surface area contributed by atoms with Crippen molar-refractivity contribution in [1.82, 2.24) is 15.4 Å². The number of aromatic nitrogens is 2. The zero-order valence-electron chi connectivity index (χ0n) is 11.7. The molecule has 1 atom stereocenters. The van der Waals surface area contributed by atoms with E-state index in [4.69, 9.17) is 46.4 Å². The fraction of sp³-hybridized carbons (Fsp3) is 0.214. The molecule has 1 heterocycles. The molecule has 2 aromatic rings. The lowest BCUT2D eigenvalue weighted by atomic mass is 10.1. The highest BCUT2D eigenvalue weighted by Crippen LogP contribution is 2.26. The third-order valence-electron chi connectivity index (χ3n) is 2.90. The van der Waals surface area contributed by atoms with E-state index in [1.54, 1.807) is 19.1 Å². The number of nitrogens with one attached hydrogen (secondary N) is 1. The first-order valence-corrected chi connectivity index (χ1v) is 7.83. The predicted molar refractivity (Wildman–Crippen MR) is 92.3 cm³/mol. The van der Waals surface area contributed by atoms with Crippen molar-refractivity contribution in [2.24, 2.45) is 5.10 Å². The van der Waals surface area contributed by atoms with E-state index < -0.39 is 0 Å². The fourth-order valence-electron chi connectivity index (χ4n) is 1.76. The van der Waals surface area contributed by atoms with Crippen LogP contribution in [0.15, 0.2) is 29.5 Å². The average Bonchev–Trinajstić information content (AvgIpc) is 2.44. The number of hydrogen-bond donors (Lipinski definition) is 1. The van der Waals surface area contributed by atoms with Gasteiger partial charge in [0.2, 0.25) is 0 Å². The maximum absolute atomic E-state index is 6.17. The van der Waals surface area contributed by atoms with Gasteiger partial charge in [0.15, 0.2) is 5.15 Å². The largest absolute Gasteiger partial charge is 0.302 e. The van der Waals surface area contributed by atoms with Gasteiger partial charge in [0.25, 0.3) is 0 Å². The molecule has 0 spiro atoms. The maximum atomic E-state index is 6.17. The van der Waals surface area contributed by atoms with Gasteiger partial charge in [-0.05, 0) is 31.5 Å². The summed E-state index contributed by atoms with van der Waals surface area (Å²) in [5.41, 5.74) is 4.94. The molecule has 0 aliphatic rings. The van der Waals surface area contributed by atoms with Gasteiger partial charge in [-0.2, -0.15) is 5.10 Å². The molecule has 0 amide bonds. The first-order chi connectivity index (χ1) is 10.4. The molecule has 0 aliphatic heterocycles. The molecular formula is C14H12Cl4N4. The zero-order chi connectivity index (χ0) is 16.3. The van der Waals surface area contributed by atoms with Crippen LogP contribution >= 0.6 is 46.4 Å². The van der Waals surface area contributed by atoms with Crippen molar-refractivity contribution in [3.63, 3.8) is 0 Å². The second-order valence-electron chi connectivity index (χ2n) is 4.55. The number of benzene rings is 1. The zero-order valence-corrected chi connectivity index (χ0v) is 14.8. The summed E-state index contributed by atoms with van der Waals surface area (Å²) in [5, 5.41) is 5.86. The van der Waals surface area contributed by atoms with E-state index in [2.05, 4.69) is 20.5 Å². The van der Waals surface area contributed by atoms with Gasteiger partial charge < -0.3 is 5.43 Å². The Hall–Kier alpha value is -1.07. The molecule has 1 aromatic heterocycles. The average molecular weight is 378 g/mol. The topological polar surface area (TPSA) is 50.2 Å². The standard InChI is InChI=1S/C14H12Cl4N4/c1-7(10-4-3-9(15)5-11(10)16)21-22-8(2)13-14(18)20-12(17)6-19-13/h3-7,21H,1-2H3/b22-8+. The van der Waals surface area contributed by atoms with Crippen molar-refractivity contribution < 1.29 is 0 Å². The Morgan fingerprint density at radius 3 is 2.59 bits per heavy atom. The molecule has 8 heteroatoms. The number of nitrogens with zero attached hydrogens (tertiary/aromatic N) is 3. The van der Waals surface area contributed by atoms with Crippen molar-refractivity contribution in [2.75, 3.05) is 0 Å². The fourth-order valence-corrected chi connectivity index (χ4v) is 2.78. The molecule has 116 valence electrons. The minimum Gasteiger partial charge on any atom is -0.302 e. The minimum atomic E-state index is -0.112. The highest BCUT2D eigenvalue weighted by molar-refractivity contribution is 6.35. The quantitative estimate of drug-likeness (QED) is 0.590. The summed E-state index contributed by atoms with van der Waals surface area (Å²) in [5.74, 6) is 0. The minimum absolute atomic E-state index is 0.112. The Kier molecular flexibility index (Phi) is 5.87. The van der Waals surface area contributed by atoms with E-state index in [-0.39, 0.29) is 16.3 Å². The van der Waals surface area contributed by atoms with Crippen molar-refractivity contribution >= 4 is 52.1 Å². The molecule has 0 saturated heterocycles. The molecule has 4 nitrogen and oxygen atoms in total. The van der Waals surface area contributed by atoms with Crippen molar-refractivity contribution in [3.8, 4) is 0 Å². The summed E-state index contributed by atoms with van der Waals surface area (Å²) in [6.07, 6.45) is 1.42. The predicted octanol–water partition coefficient (Wildman–Crippen LogP) is 5.17. The van der Waals surface area contributed by atoms with Gasteiger partial charge in [-0.3, -0.25) is 0 Å². The molecule has 0 radical (unpaired) electrons. The number of rotatable bonds is 4. The van der Waals surface area contributed by atoms with Crippen molar-refractivity contribution in [1.29, 1.82) is 0 Å². The Morgan fingerprint density at radius 1 is 1.23 bits per heavy atom. The molecule has 0 aliphatic carbocycles. The number of hydrogen-bond acceptors (Lipinski definition) is 4. The smallest absolute Gasteiger partial charge is 0.158 e. The van der Waals surface area contributed by atoms with Crippen LogP contribution in [0.4, 0.5) is 0 Å². The Labute approximate surface area is 148 Å². The van der Waals surface area contributed by atoms with Crippen LogP contribution in [-0.4, -0.2) is 15.7 Å². The van der Waals surface area contributed by atoms with Crippen LogP contribution in [0.1, 0.15) is 31.1 Å². The molecule has 1 N–H and O–H groups in total. The summed E-state index contributed by atoms with van der Waals surface area (Å²) in [4.78, 5) is 8.04. The number of hydrazone groups is 1. The van der Waals surface area contributed by atoms with E-state index in [1.165, 1.54) is 6.20 Å². The molecular weight excluding hydrogens is 366 g/mol. The van der Waals surface area contributed by atoms with Gasteiger partial charge in [-0.15, -0.1) is 0 Å². The van der Waals surface area contributed by atoms with Gasteiger partial charge in [0, 0.05) is 10.0 Å². The summed E-state index contributed by atoms with van der Waals surface area (Å²) in [6, 6.07) is 5.20. The number of halogens is 4. The molecule has 2 rings (SSSR count). The van der Waals surface area contributed by atoms with Crippen molar-refractivity contribution in [2.45, 2.75) is 19.9 Å². The lowest BCUT2D eigenvalue weighted by Gasteiger charge is -2.14. The second-order valence-corrected chi connectivity index (χ2v) is 6.13. The maximum Gasteiger partial charge on any atom is 0.158 e. The van der Waals surface area contributed by atoms with Crippen LogP contribution in [-0.2, 0) is 0 Å². The van der Waals surface area contributed by atoms with Gasteiger partial charge in [0.1, 0.15) is 10.8 Å². The molecule has 0 saturated carbocycles.